The maximum atomic E-state index is 10.5. The maximum Gasteiger partial charge on any atom is 0.407 e. The molecule has 0 unspecified atom stereocenters. The molecule has 0 aliphatic carbocycles. The summed E-state index contributed by atoms with van der Waals surface area (Å²) in [4.78, 5) is 22.1. The van der Waals surface area contributed by atoms with Gasteiger partial charge in [-0.05, 0) is 6.42 Å². The molecule has 13 heavy (non-hydrogen) atoms. The van der Waals surface area contributed by atoms with Crippen LogP contribution >= 0.6 is 0 Å². The SMILES string of the molecule is NC1=C(C(=O)O)CCN(C(=O)O)C1. The lowest BCUT2D eigenvalue weighted by Gasteiger charge is -2.25. The number of hydrogen-bond acceptors (Lipinski definition) is 3. The van der Waals surface area contributed by atoms with E-state index in [-0.39, 0.29) is 30.8 Å². The zero-order valence-corrected chi connectivity index (χ0v) is 6.86. The number of rotatable bonds is 1. The minimum absolute atomic E-state index is 0.0169. The average molecular weight is 186 g/mol. The largest absolute Gasteiger partial charge is 0.478 e. The zero-order chi connectivity index (χ0) is 10.0. The van der Waals surface area contributed by atoms with Gasteiger partial charge in [0.2, 0.25) is 0 Å². The molecular formula is C7H10N2O4. The van der Waals surface area contributed by atoms with Gasteiger partial charge in [-0.15, -0.1) is 0 Å². The van der Waals surface area contributed by atoms with Gasteiger partial charge >= 0.3 is 12.1 Å². The molecular weight excluding hydrogens is 176 g/mol. The van der Waals surface area contributed by atoms with Crippen LogP contribution < -0.4 is 5.73 Å². The van der Waals surface area contributed by atoms with Crippen LogP contribution in [0.25, 0.3) is 0 Å². The van der Waals surface area contributed by atoms with Crippen LogP contribution in [-0.2, 0) is 4.79 Å². The summed E-state index contributed by atoms with van der Waals surface area (Å²) in [7, 11) is 0. The number of carbonyl (C=O) groups is 2. The second kappa shape index (κ2) is 3.34. The fourth-order valence-corrected chi connectivity index (χ4v) is 1.19. The first-order chi connectivity index (χ1) is 6.02. The molecule has 0 atom stereocenters. The number of hydrogen-bond donors (Lipinski definition) is 3. The first-order valence-electron chi connectivity index (χ1n) is 3.71. The monoisotopic (exact) mass is 186 g/mol. The molecule has 0 radical (unpaired) electrons. The third kappa shape index (κ3) is 1.90. The molecule has 0 aromatic carbocycles. The molecule has 72 valence electrons. The van der Waals surface area contributed by atoms with Crippen molar-refractivity contribution in [2.75, 3.05) is 13.1 Å². The molecule has 1 amide bonds. The van der Waals surface area contributed by atoms with Crippen molar-refractivity contribution in [3.05, 3.63) is 11.3 Å². The summed E-state index contributed by atoms with van der Waals surface area (Å²) in [5.41, 5.74) is 5.65. The van der Waals surface area contributed by atoms with Crippen LogP contribution in [0.1, 0.15) is 6.42 Å². The maximum absolute atomic E-state index is 10.5. The minimum atomic E-state index is -1.08. The Morgan fingerprint density at radius 1 is 1.38 bits per heavy atom. The molecule has 0 spiro atoms. The molecule has 0 saturated heterocycles. The van der Waals surface area contributed by atoms with E-state index >= 15 is 0 Å². The highest BCUT2D eigenvalue weighted by atomic mass is 16.4. The summed E-state index contributed by atoms with van der Waals surface area (Å²) >= 11 is 0. The smallest absolute Gasteiger partial charge is 0.407 e. The first-order valence-corrected chi connectivity index (χ1v) is 3.71. The van der Waals surface area contributed by atoms with Gasteiger partial charge in [0.1, 0.15) is 0 Å². The van der Waals surface area contributed by atoms with Gasteiger partial charge in [0.25, 0.3) is 0 Å². The summed E-state index contributed by atoms with van der Waals surface area (Å²) in [6.45, 7) is 0.175. The predicted molar refractivity (Wildman–Crippen MR) is 43.1 cm³/mol. The molecule has 1 aliphatic rings. The topological polar surface area (TPSA) is 104 Å². The van der Waals surface area contributed by atoms with Crippen LogP contribution in [0.2, 0.25) is 0 Å². The second-order valence-electron chi connectivity index (χ2n) is 2.76. The zero-order valence-electron chi connectivity index (χ0n) is 6.86. The van der Waals surface area contributed by atoms with Crippen molar-refractivity contribution in [1.29, 1.82) is 0 Å². The van der Waals surface area contributed by atoms with Crippen molar-refractivity contribution >= 4 is 12.1 Å². The van der Waals surface area contributed by atoms with Crippen LogP contribution in [0.3, 0.4) is 0 Å². The van der Waals surface area contributed by atoms with Crippen molar-refractivity contribution in [2.24, 2.45) is 5.73 Å². The van der Waals surface area contributed by atoms with Crippen molar-refractivity contribution in [2.45, 2.75) is 6.42 Å². The van der Waals surface area contributed by atoms with Gasteiger partial charge in [0, 0.05) is 12.2 Å². The summed E-state index contributed by atoms with van der Waals surface area (Å²) in [6.07, 6.45) is -0.902. The molecule has 4 N–H and O–H groups in total. The molecule has 0 aromatic heterocycles. The quantitative estimate of drug-likeness (QED) is 0.520. The Kier molecular flexibility index (Phi) is 2.41. The number of amides is 1. The second-order valence-corrected chi connectivity index (χ2v) is 2.76. The molecule has 0 aromatic rings. The van der Waals surface area contributed by atoms with Gasteiger partial charge < -0.3 is 20.8 Å². The number of nitrogens with zero attached hydrogens (tertiary/aromatic N) is 1. The van der Waals surface area contributed by atoms with E-state index in [0.29, 0.717) is 0 Å². The number of aliphatic carboxylic acids is 1. The Morgan fingerprint density at radius 3 is 2.38 bits per heavy atom. The van der Waals surface area contributed by atoms with Gasteiger partial charge in [-0.1, -0.05) is 0 Å². The Balaban J connectivity index is 2.78. The van der Waals surface area contributed by atoms with E-state index in [9.17, 15) is 9.59 Å². The van der Waals surface area contributed by atoms with E-state index in [1.54, 1.807) is 0 Å². The molecule has 6 nitrogen and oxygen atoms in total. The van der Waals surface area contributed by atoms with Crippen molar-refractivity contribution in [1.82, 2.24) is 4.90 Å². The highest BCUT2D eigenvalue weighted by molar-refractivity contribution is 5.88. The van der Waals surface area contributed by atoms with Crippen molar-refractivity contribution in [3.63, 3.8) is 0 Å². The van der Waals surface area contributed by atoms with E-state index in [0.717, 1.165) is 4.90 Å². The summed E-state index contributed by atoms with van der Waals surface area (Å²) < 4.78 is 0. The van der Waals surface area contributed by atoms with Gasteiger partial charge in [0.15, 0.2) is 0 Å². The summed E-state index contributed by atoms with van der Waals surface area (Å²) in [5.74, 6) is -1.07. The van der Waals surface area contributed by atoms with E-state index in [1.165, 1.54) is 0 Å². The fourth-order valence-electron chi connectivity index (χ4n) is 1.19. The lowest BCUT2D eigenvalue weighted by atomic mass is 10.1. The highest BCUT2D eigenvalue weighted by Gasteiger charge is 2.23. The number of nitrogens with two attached hydrogens (primary N) is 1. The molecule has 0 saturated carbocycles. The summed E-state index contributed by atoms with van der Waals surface area (Å²) in [5, 5.41) is 17.2. The Bertz CT molecular complexity index is 284. The van der Waals surface area contributed by atoms with Crippen LogP contribution in [0.5, 0.6) is 0 Å². The van der Waals surface area contributed by atoms with Crippen LogP contribution in [0, 0.1) is 0 Å². The van der Waals surface area contributed by atoms with E-state index < -0.39 is 12.1 Å². The lowest BCUT2D eigenvalue weighted by Crippen LogP contribution is -2.39. The molecule has 1 aliphatic heterocycles. The van der Waals surface area contributed by atoms with E-state index in [1.807, 2.05) is 0 Å². The standard InChI is InChI=1S/C7H10N2O4/c8-5-3-9(7(12)13)2-1-4(5)6(10)11/h1-3,8H2,(H,10,11)(H,12,13). The van der Waals surface area contributed by atoms with E-state index in [4.69, 9.17) is 15.9 Å². The minimum Gasteiger partial charge on any atom is -0.478 e. The Hall–Kier alpha value is -1.72. The predicted octanol–water partition coefficient (Wildman–Crippen LogP) is -0.333. The van der Waals surface area contributed by atoms with E-state index in [2.05, 4.69) is 0 Å². The Morgan fingerprint density at radius 2 is 2.00 bits per heavy atom. The van der Waals surface area contributed by atoms with Gasteiger partial charge in [-0.25, -0.2) is 9.59 Å². The Labute approximate surface area is 74.2 Å². The molecule has 1 rings (SSSR count). The van der Waals surface area contributed by atoms with Gasteiger partial charge in [-0.2, -0.15) is 0 Å². The van der Waals surface area contributed by atoms with Crippen LogP contribution in [0.4, 0.5) is 4.79 Å². The van der Waals surface area contributed by atoms with Crippen LogP contribution in [-0.4, -0.2) is 40.3 Å². The van der Waals surface area contributed by atoms with Crippen LogP contribution in [0.15, 0.2) is 11.3 Å². The van der Waals surface area contributed by atoms with Gasteiger partial charge in [0.05, 0.1) is 12.1 Å². The number of carboxylic acid groups (broad SMARTS) is 2. The lowest BCUT2D eigenvalue weighted by molar-refractivity contribution is -0.133. The third-order valence-corrected chi connectivity index (χ3v) is 1.91. The fraction of sp³-hybridized carbons (Fsp3) is 0.429. The molecule has 0 fully saturated rings. The normalized spacial score (nSPS) is 17.4. The highest BCUT2D eigenvalue weighted by Crippen LogP contribution is 2.14. The van der Waals surface area contributed by atoms with Crippen molar-refractivity contribution in [3.8, 4) is 0 Å². The average Bonchev–Trinajstić information content (AvgIpc) is 2.03. The molecule has 1 heterocycles. The first kappa shape index (κ1) is 9.37. The summed E-state index contributed by atoms with van der Waals surface area (Å²) in [6, 6.07) is 0. The third-order valence-electron chi connectivity index (χ3n) is 1.91. The number of carboxylic acids is 1. The molecule has 0 bridgehead atoms. The van der Waals surface area contributed by atoms with Gasteiger partial charge in [-0.3, -0.25) is 0 Å². The molecule has 6 heteroatoms. The van der Waals surface area contributed by atoms with Crippen molar-refractivity contribution < 1.29 is 19.8 Å².